The predicted molar refractivity (Wildman–Crippen MR) is 87.8 cm³/mol. The Balaban J connectivity index is 2.15. The van der Waals surface area contributed by atoms with Crippen LogP contribution in [0.2, 0.25) is 10.0 Å². The lowest BCUT2D eigenvalue weighted by atomic mass is 10.1. The highest BCUT2D eigenvalue weighted by Gasteiger charge is 2.37. The van der Waals surface area contributed by atoms with E-state index in [1.165, 1.54) is 0 Å². The van der Waals surface area contributed by atoms with Gasteiger partial charge < -0.3 is 14.4 Å². The van der Waals surface area contributed by atoms with E-state index < -0.39 is 5.60 Å². The molecule has 2 atom stereocenters. The second kappa shape index (κ2) is 6.65. The number of nitrogens with zero attached hydrogens (tertiary/aromatic N) is 1. The molecule has 22 heavy (non-hydrogen) atoms. The van der Waals surface area contributed by atoms with E-state index in [1.54, 1.807) is 36.9 Å². The summed E-state index contributed by atoms with van der Waals surface area (Å²) in [5, 5.41) is 0.935. The average Bonchev–Trinajstić information content (AvgIpc) is 2.40. The van der Waals surface area contributed by atoms with Crippen LogP contribution in [-0.4, -0.2) is 41.7 Å². The van der Waals surface area contributed by atoms with Crippen LogP contribution in [0.4, 0.5) is 0 Å². The summed E-state index contributed by atoms with van der Waals surface area (Å²) in [4.78, 5) is 14.6. The summed E-state index contributed by atoms with van der Waals surface area (Å²) < 4.78 is 11.5. The lowest BCUT2D eigenvalue weighted by Crippen LogP contribution is -2.55. The zero-order valence-electron chi connectivity index (χ0n) is 13.2. The number of amides is 1. The maximum absolute atomic E-state index is 12.8. The quantitative estimate of drug-likeness (QED) is 0.836. The van der Waals surface area contributed by atoms with E-state index in [1.807, 2.05) is 13.8 Å². The fraction of sp³-hybridized carbons (Fsp3) is 0.562. The molecular formula is C16H21Cl2NO3. The lowest BCUT2D eigenvalue weighted by molar-refractivity contribution is -0.156. The maximum atomic E-state index is 12.8. The molecule has 0 spiro atoms. The van der Waals surface area contributed by atoms with E-state index in [4.69, 9.17) is 32.7 Å². The van der Waals surface area contributed by atoms with Crippen molar-refractivity contribution in [3.8, 4) is 5.75 Å². The Labute approximate surface area is 141 Å². The first kappa shape index (κ1) is 17.4. The van der Waals surface area contributed by atoms with Crippen molar-refractivity contribution < 1.29 is 14.3 Å². The standard InChI is InChI=1S/C16H21Cl2NO3/c1-10-8-19(9-11(2)21-10)15(20)16(3,4)22-14-7-12(17)5-6-13(14)18/h5-7,10-11H,8-9H2,1-4H3/t10-,11+. The molecule has 1 aliphatic rings. The van der Waals surface area contributed by atoms with Gasteiger partial charge in [0.05, 0.1) is 17.2 Å². The summed E-state index contributed by atoms with van der Waals surface area (Å²) in [5.74, 6) is 0.312. The summed E-state index contributed by atoms with van der Waals surface area (Å²) in [6, 6.07) is 4.94. The Morgan fingerprint density at radius 1 is 1.27 bits per heavy atom. The number of ether oxygens (including phenoxy) is 2. The number of hydrogen-bond acceptors (Lipinski definition) is 3. The average molecular weight is 346 g/mol. The Kier molecular flexibility index (Phi) is 5.25. The van der Waals surface area contributed by atoms with Gasteiger partial charge in [-0.1, -0.05) is 23.2 Å². The van der Waals surface area contributed by atoms with Crippen LogP contribution < -0.4 is 4.74 Å². The van der Waals surface area contributed by atoms with E-state index in [9.17, 15) is 4.79 Å². The minimum absolute atomic E-state index is 0.0123. The van der Waals surface area contributed by atoms with Crippen molar-refractivity contribution in [3.05, 3.63) is 28.2 Å². The van der Waals surface area contributed by atoms with Crippen molar-refractivity contribution in [2.75, 3.05) is 13.1 Å². The molecule has 1 aromatic carbocycles. The zero-order chi connectivity index (χ0) is 16.5. The fourth-order valence-corrected chi connectivity index (χ4v) is 2.92. The maximum Gasteiger partial charge on any atom is 0.266 e. The molecule has 1 saturated heterocycles. The van der Waals surface area contributed by atoms with Crippen LogP contribution in [0.25, 0.3) is 0 Å². The first-order valence-electron chi connectivity index (χ1n) is 7.28. The highest BCUT2D eigenvalue weighted by Crippen LogP contribution is 2.31. The molecule has 1 fully saturated rings. The Bertz CT molecular complexity index is 552. The normalized spacial score (nSPS) is 22.5. The van der Waals surface area contributed by atoms with Crippen molar-refractivity contribution in [3.63, 3.8) is 0 Å². The number of rotatable bonds is 3. The SMILES string of the molecule is C[C@@H]1CN(C(=O)C(C)(C)Oc2cc(Cl)ccc2Cl)C[C@H](C)O1. The van der Waals surface area contributed by atoms with Crippen molar-refractivity contribution in [2.24, 2.45) is 0 Å². The number of benzene rings is 1. The summed E-state index contributed by atoms with van der Waals surface area (Å²) in [7, 11) is 0. The van der Waals surface area contributed by atoms with Crippen molar-refractivity contribution in [2.45, 2.75) is 45.5 Å². The number of carbonyl (C=O) groups is 1. The van der Waals surface area contributed by atoms with Crippen molar-refractivity contribution >= 4 is 29.1 Å². The van der Waals surface area contributed by atoms with Crippen molar-refractivity contribution in [1.82, 2.24) is 4.90 Å². The third-order valence-electron chi connectivity index (χ3n) is 3.48. The monoisotopic (exact) mass is 345 g/mol. The molecular weight excluding hydrogens is 325 g/mol. The predicted octanol–water partition coefficient (Wildman–Crippen LogP) is 3.79. The van der Waals surface area contributed by atoms with Gasteiger partial charge in [-0.3, -0.25) is 4.79 Å². The third kappa shape index (κ3) is 4.06. The fourth-order valence-electron chi connectivity index (χ4n) is 2.60. The molecule has 0 aromatic heterocycles. The van der Waals surface area contributed by atoms with E-state index in [2.05, 4.69) is 0 Å². The van der Waals surface area contributed by atoms with Gasteiger partial charge in [0.2, 0.25) is 0 Å². The van der Waals surface area contributed by atoms with Gasteiger partial charge in [-0.05, 0) is 39.8 Å². The molecule has 1 aromatic rings. The van der Waals surface area contributed by atoms with Crippen LogP contribution in [0.15, 0.2) is 18.2 Å². The molecule has 122 valence electrons. The first-order valence-corrected chi connectivity index (χ1v) is 8.03. The molecule has 0 saturated carbocycles. The summed E-state index contributed by atoms with van der Waals surface area (Å²) >= 11 is 12.1. The van der Waals surface area contributed by atoms with Gasteiger partial charge in [-0.25, -0.2) is 0 Å². The van der Waals surface area contributed by atoms with Gasteiger partial charge in [0.1, 0.15) is 5.75 Å². The summed E-state index contributed by atoms with van der Waals surface area (Å²) in [5.41, 5.74) is -1.04. The minimum atomic E-state index is -1.04. The zero-order valence-corrected chi connectivity index (χ0v) is 14.7. The van der Waals surface area contributed by atoms with E-state index in [0.29, 0.717) is 28.9 Å². The van der Waals surface area contributed by atoms with Crippen LogP contribution in [-0.2, 0) is 9.53 Å². The minimum Gasteiger partial charge on any atom is -0.476 e. The molecule has 0 radical (unpaired) electrons. The van der Waals surface area contributed by atoms with E-state index in [0.717, 1.165) is 0 Å². The van der Waals surface area contributed by atoms with Gasteiger partial charge in [-0.2, -0.15) is 0 Å². The first-order chi connectivity index (χ1) is 10.2. The van der Waals surface area contributed by atoms with Crippen LogP contribution in [0, 0.1) is 0 Å². The molecule has 1 heterocycles. The largest absolute Gasteiger partial charge is 0.476 e. The Morgan fingerprint density at radius 2 is 1.86 bits per heavy atom. The van der Waals surface area contributed by atoms with Gasteiger partial charge >= 0.3 is 0 Å². The second-order valence-electron chi connectivity index (χ2n) is 6.15. The topological polar surface area (TPSA) is 38.8 Å². The van der Waals surface area contributed by atoms with Crippen LogP contribution in [0.5, 0.6) is 5.75 Å². The van der Waals surface area contributed by atoms with Gasteiger partial charge in [0.25, 0.3) is 5.91 Å². The molecule has 6 heteroatoms. The summed E-state index contributed by atoms with van der Waals surface area (Å²) in [6.45, 7) is 8.49. The molecule has 1 amide bonds. The summed E-state index contributed by atoms with van der Waals surface area (Å²) in [6.07, 6.45) is 0.0246. The Morgan fingerprint density at radius 3 is 2.45 bits per heavy atom. The van der Waals surface area contributed by atoms with E-state index >= 15 is 0 Å². The van der Waals surface area contributed by atoms with Crippen LogP contribution in [0.3, 0.4) is 0 Å². The van der Waals surface area contributed by atoms with Crippen LogP contribution in [0.1, 0.15) is 27.7 Å². The molecule has 0 bridgehead atoms. The van der Waals surface area contributed by atoms with Gasteiger partial charge in [-0.15, -0.1) is 0 Å². The molecule has 1 aliphatic heterocycles. The lowest BCUT2D eigenvalue weighted by Gasteiger charge is -2.39. The van der Waals surface area contributed by atoms with Gasteiger partial charge in [0.15, 0.2) is 5.60 Å². The molecule has 2 rings (SSSR count). The van der Waals surface area contributed by atoms with Gasteiger partial charge in [0, 0.05) is 24.2 Å². The highest BCUT2D eigenvalue weighted by molar-refractivity contribution is 6.34. The number of morpholine rings is 1. The molecule has 0 unspecified atom stereocenters. The Hall–Kier alpha value is -0.970. The number of hydrogen-bond donors (Lipinski definition) is 0. The number of carbonyl (C=O) groups excluding carboxylic acids is 1. The molecule has 0 N–H and O–H groups in total. The third-order valence-corrected chi connectivity index (χ3v) is 4.03. The van der Waals surface area contributed by atoms with Crippen LogP contribution >= 0.6 is 23.2 Å². The van der Waals surface area contributed by atoms with Crippen molar-refractivity contribution in [1.29, 1.82) is 0 Å². The second-order valence-corrected chi connectivity index (χ2v) is 7.00. The highest BCUT2D eigenvalue weighted by atomic mass is 35.5. The molecule has 0 aliphatic carbocycles. The molecule has 4 nitrogen and oxygen atoms in total. The number of halogens is 2. The smallest absolute Gasteiger partial charge is 0.266 e. The van der Waals surface area contributed by atoms with E-state index in [-0.39, 0.29) is 18.1 Å².